The van der Waals surface area contributed by atoms with Crippen LogP contribution in [-0.4, -0.2) is 33.8 Å². The number of ether oxygens (including phenoxy) is 1. The highest BCUT2D eigenvalue weighted by atomic mass is 16.5. The molecule has 0 saturated heterocycles. The molecular weight excluding hydrogens is 420 g/mol. The van der Waals surface area contributed by atoms with Crippen LogP contribution in [-0.2, 0) is 11.3 Å². The minimum absolute atomic E-state index is 0.112. The summed E-state index contributed by atoms with van der Waals surface area (Å²) in [5.41, 5.74) is 3.95. The Balaban J connectivity index is 1.41. The largest absolute Gasteiger partial charge is 0.490 e. The zero-order valence-corrected chi connectivity index (χ0v) is 18.3. The number of hydrogen-bond acceptors (Lipinski definition) is 6. The van der Waals surface area contributed by atoms with Crippen LogP contribution in [0.25, 0.3) is 22.8 Å². The molecule has 166 valence electrons. The van der Waals surface area contributed by atoms with Gasteiger partial charge in [-0.15, -0.1) is 0 Å². The van der Waals surface area contributed by atoms with Crippen molar-refractivity contribution in [2.45, 2.75) is 20.4 Å². The third kappa shape index (κ3) is 4.15. The molecule has 1 aliphatic heterocycles. The van der Waals surface area contributed by atoms with E-state index in [4.69, 9.17) is 9.26 Å². The fourth-order valence-corrected chi connectivity index (χ4v) is 3.84. The number of benzene rings is 2. The number of aryl methyl sites for hydroxylation is 2. The number of carbonyl (C=O) groups excluding carboxylic acids is 1. The molecule has 0 radical (unpaired) electrons. The maximum atomic E-state index is 13.1. The summed E-state index contributed by atoms with van der Waals surface area (Å²) in [7, 11) is 0. The first-order valence-electron chi connectivity index (χ1n) is 10.6. The molecule has 4 aromatic rings. The van der Waals surface area contributed by atoms with E-state index in [2.05, 4.69) is 10.1 Å². The van der Waals surface area contributed by atoms with Gasteiger partial charge in [0.2, 0.25) is 11.7 Å². The topological polar surface area (TPSA) is 90.5 Å². The third-order valence-corrected chi connectivity index (χ3v) is 5.52. The van der Waals surface area contributed by atoms with Crippen molar-refractivity contribution in [1.82, 2.24) is 14.7 Å². The van der Waals surface area contributed by atoms with Crippen LogP contribution in [0.2, 0.25) is 0 Å². The van der Waals surface area contributed by atoms with Crippen LogP contribution < -0.4 is 15.2 Å². The number of rotatable bonds is 4. The quantitative estimate of drug-likeness (QED) is 0.480. The molecule has 0 fully saturated rings. The summed E-state index contributed by atoms with van der Waals surface area (Å²) in [6, 6.07) is 16.5. The molecule has 8 heteroatoms. The van der Waals surface area contributed by atoms with Crippen LogP contribution in [0.15, 0.2) is 70.1 Å². The number of nitrogens with zero attached hydrogens (tertiary/aromatic N) is 4. The Bertz CT molecular complexity index is 1410. The van der Waals surface area contributed by atoms with Gasteiger partial charge < -0.3 is 18.7 Å². The van der Waals surface area contributed by atoms with Crippen molar-refractivity contribution in [2.24, 2.45) is 0 Å². The fourth-order valence-electron chi connectivity index (χ4n) is 3.84. The molecule has 2 aromatic heterocycles. The van der Waals surface area contributed by atoms with Gasteiger partial charge >= 0.3 is 0 Å². The number of carbonyl (C=O) groups is 1. The molecule has 33 heavy (non-hydrogen) atoms. The second-order valence-electron chi connectivity index (χ2n) is 8.04. The Morgan fingerprint density at radius 3 is 2.73 bits per heavy atom. The molecule has 0 spiro atoms. The normalized spacial score (nSPS) is 12.8. The van der Waals surface area contributed by atoms with Gasteiger partial charge in [-0.3, -0.25) is 9.59 Å². The van der Waals surface area contributed by atoms with Crippen molar-refractivity contribution in [3.8, 4) is 28.6 Å². The molecule has 3 heterocycles. The van der Waals surface area contributed by atoms with Crippen molar-refractivity contribution < 1.29 is 14.1 Å². The Morgan fingerprint density at radius 1 is 1.03 bits per heavy atom. The molecule has 0 bridgehead atoms. The third-order valence-electron chi connectivity index (χ3n) is 5.52. The lowest BCUT2D eigenvalue weighted by Gasteiger charge is -2.30. The number of aromatic nitrogens is 3. The summed E-state index contributed by atoms with van der Waals surface area (Å²) >= 11 is 0. The SMILES string of the molecule is Cc1cccc(-c2noc(-c3ccc(=O)n(CC(=O)N4CCOc5ccc(C)cc54)c3)n2)c1. The lowest BCUT2D eigenvalue weighted by molar-refractivity contribution is -0.119. The monoisotopic (exact) mass is 442 g/mol. The second kappa shape index (κ2) is 8.38. The minimum Gasteiger partial charge on any atom is -0.490 e. The van der Waals surface area contributed by atoms with Crippen molar-refractivity contribution in [3.63, 3.8) is 0 Å². The number of fused-ring (bicyclic) bond motifs is 1. The van der Waals surface area contributed by atoms with Crippen molar-refractivity contribution in [2.75, 3.05) is 18.1 Å². The molecule has 2 aromatic carbocycles. The summed E-state index contributed by atoms with van der Waals surface area (Å²) in [5, 5.41) is 4.06. The first kappa shape index (κ1) is 20.7. The number of amides is 1. The van der Waals surface area contributed by atoms with Gasteiger partial charge in [-0.25, -0.2) is 0 Å². The highest BCUT2D eigenvalue weighted by Crippen LogP contribution is 2.32. The minimum atomic E-state index is -0.289. The zero-order valence-electron chi connectivity index (χ0n) is 18.3. The Hall–Kier alpha value is -4.20. The van der Waals surface area contributed by atoms with E-state index < -0.39 is 0 Å². The van der Waals surface area contributed by atoms with Crippen LogP contribution in [0.4, 0.5) is 5.69 Å². The van der Waals surface area contributed by atoms with Gasteiger partial charge in [0.05, 0.1) is 17.8 Å². The molecule has 1 aliphatic rings. The van der Waals surface area contributed by atoms with E-state index in [9.17, 15) is 9.59 Å². The molecule has 1 amide bonds. The van der Waals surface area contributed by atoms with Crippen LogP contribution >= 0.6 is 0 Å². The lowest BCUT2D eigenvalue weighted by Crippen LogP contribution is -2.41. The number of anilines is 1. The standard InChI is InChI=1S/C25H22N4O4/c1-16-4-3-5-18(12-16)24-26-25(33-27-24)19-7-9-22(30)28(14-19)15-23(31)29-10-11-32-21-8-6-17(2)13-20(21)29/h3-9,12-14H,10-11,15H2,1-2H3. The molecule has 0 atom stereocenters. The predicted octanol–water partition coefficient (Wildman–Crippen LogP) is 3.61. The predicted molar refractivity (Wildman–Crippen MR) is 123 cm³/mol. The van der Waals surface area contributed by atoms with Gasteiger partial charge in [0.1, 0.15) is 18.9 Å². The molecule has 0 aliphatic carbocycles. The first-order valence-corrected chi connectivity index (χ1v) is 10.6. The molecule has 5 rings (SSSR count). The van der Waals surface area contributed by atoms with E-state index in [1.165, 1.54) is 10.6 Å². The molecule has 0 unspecified atom stereocenters. The fraction of sp³-hybridized carbons (Fsp3) is 0.200. The summed E-state index contributed by atoms with van der Waals surface area (Å²) in [4.78, 5) is 31.7. The zero-order chi connectivity index (χ0) is 22.9. The summed E-state index contributed by atoms with van der Waals surface area (Å²) in [6.45, 7) is 4.67. The van der Waals surface area contributed by atoms with Gasteiger partial charge in [0.15, 0.2) is 0 Å². The first-order chi connectivity index (χ1) is 16.0. The molecule has 0 N–H and O–H groups in total. The van der Waals surface area contributed by atoms with Gasteiger partial charge in [-0.05, 0) is 43.7 Å². The maximum Gasteiger partial charge on any atom is 0.259 e. The van der Waals surface area contributed by atoms with Crippen molar-refractivity contribution in [3.05, 3.63) is 82.3 Å². The second-order valence-corrected chi connectivity index (χ2v) is 8.04. The van der Waals surface area contributed by atoms with Crippen LogP contribution in [0.1, 0.15) is 11.1 Å². The van der Waals surface area contributed by atoms with E-state index in [-0.39, 0.29) is 23.9 Å². The summed E-state index contributed by atoms with van der Waals surface area (Å²) < 4.78 is 12.5. The summed E-state index contributed by atoms with van der Waals surface area (Å²) in [5.74, 6) is 1.20. The van der Waals surface area contributed by atoms with Gasteiger partial charge in [0, 0.05) is 17.8 Å². The van der Waals surface area contributed by atoms with E-state index in [0.717, 1.165) is 22.4 Å². The number of pyridine rings is 1. The lowest BCUT2D eigenvalue weighted by atomic mass is 10.1. The smallest absolute Gasteiger partial charge is 0.259 e. The van der Waals surface area contributed by atoms with E-state index in [1.54, 1.807) is 17.2 Å². The van der Waals surface area contributed by atoms with Crippen LogP contribution in [0.3, 0.4) is 0 Å². The van der Waals surface area contributed by atoms with Gasteiger partial charge in [-0.1, -0.05) is 35.0 Å². The van der Waals surface area contributed by atoms with E-state index in [0.29, 0.717) is 30.3 Å². The highest BCUT2D eigenvalue weighted by Gasteiger charge is 2.24. The van der Waals surface area contributed by atoms with Crippen LogP contribution in [0.5, 0.6) is 5.75 Å². The van der Waals surface area contributed by atoms with Crippen LogP contribution in [0, 0.1) is 13.8 Å². The van der Waals surface area contributed by atoms with Crippen molar-refractivity contribution in [1.29, 1.82) is 0 Å². The Labute approximate surface area is 190 Å². The average Bonchev–Trinajstić information content (AvgIpc) is 3.30. The molecule has 0 saturated carbocycles. The summed E-state index contributed by atoms with van der Waals surface area (Å²) in [6.07, 6.45) is 1.57. The Morgan fingerprint density at radius 2 is 1.88 bits per heavy atom. The maximum absolute atomic E-state index is 13.1. The molecule has 8 nitrogen and oxygen atoms in total. The highest BCUT2D eigenvalue weighted by molar-refractivity contribution is 5.95. The Kier molecular flexibility index (Phi) is 5.26. The van der Waals surface area contributed by atoms with E-state index >= 15 is 0 Å². The van der Waals surface area contributed by atoms with Crippen molar-refractivity contribution >= 4 is 11.6 Å². The molecular formula is C25H22N4O4. The van der Waals surface area contributed by atoms with Gasteiger partial charge in [-0.2, -0.15) is 4.98 Å². The average molecular weight is 442 g/mol. The van der Waals surface area contributed by atoms with Gasteiger partial charge in [0.25, 0.3) is 11.4 Å². The number of hydrogen-bond donors (Lipinski definition) is 0. The van der Waals surface area contributed by atoms with E-state index in [1.807, 2.05) is 56.3 Å².